The number of nitrogens with zero attached hydrogens (tertiary/aromatic N) is 1. The molecule has 1 N–H and O–H groups in total. The Kier molecular flexibility index (Phi) is 4.52. The molecule has 0 spiro atoms. The molecule has 0 aliphatic heterocycles. The van der Waals surface area contributed by atoms with Crippen molar-refractivity contribution < 1.29 is 4.79 Å². The molecule has 0 aliphatic carbocycles. The van der Waals surface area contributed by atoms with Crippen LogP contribution in [-0.4, -0.2) is 22.5 Å². The smallest absolute Gasteiger partial charge is 0.268 e. The number of rotatable bonds is 3. The number of carbonyl (C=O) groups excluding carboxylic acids is 1. The predicted octanol–water partition coefficient (Wildman–Crippen LogP) is 3.15. The zero-order valence-electron chi connectivity index (χ0n) is 12.2. The summed E-state index contributed by atoms with van der Waals surface area (Å²) in [7, 11) is 0. The van der Waals surface area contributed by atoms with Gasteiger partial charge in [0.25, 0.3) is 5.91 Å². The van der Waals surface area contributed by atoms with Gasteiger partial charge in [0, 0.05) is 11.6 Å². The molecular weight excluding hydrogens is 224 g/mol. The molecule has 0 unspecified atom stereocenters. The number of carbonyl (C=O) groups is 1. The van der Waals surface area contributed by atoms with Crippen LogP contribution in [0.1, 0.15) is 50.5 Å². The molecule has 18 heavy (non-hydrogen) atoms. The third-order valence-corrected chi connectivity index (χ3v) is 2.53. The van der Waals surface area contributed by atoms with Crippen LogP contribution in [0.3, 0.4) is 0 Å². The van der Waals surface area contributed by atoms with Crippen molar-refractivity contribution in [2.45, 2.75) is 53.1 Å². The zero-order chi connectivity index (χ0) is 13.9. The average Bonchev–Trinajstić information content (AvgIpc) is 2.23. The molecular formula is C15H24N2O. The van der Waals surface area contributed by atoms with Gasteiger partial charge in [-0.3, -0.25) is 9.80 Å². The number of hydrogen-bond donors (Lipinski definition) is 1. The van der Waals surface area contributed by atoms with Crippen LogP contribution in [-0.2, 0) is 0 Å². The fraction of sp³-hybridized carbons (Fsp3) is 0.533. The molecule has 0 saturated carbocycles. The molecule has 1 aromatic carbocycles. The summed E-state index contributed by atoms with van der Waals surface area (Å²) in [5.74, 6) is 0.0138. The van der Waals surface area contributed by atoms with Gasteiger partial charge in [0.2, 0.25) is 0 Å². The van der Waals surface area contributed by atoms with Crippen molar-refractivity contribution in [2.75, 3.05) is 0 Å². The third kappa shape index (κ3) is 3.84. The Bertz CT molecular complexity index is 419. The fourth-order valence-corrected chi connectivity index (χ4v) is 1.72. The third-order valence-electron chi connectivity index (χ3n) is 2.53. The van der Waals surface area contributed by atoms with Crippen LogP contribution < -0.4 is 5.43 Å². The van der Waals surface area contributed by atoms with Crippen molar-refractivity contribution in [3.05, 3.63) is 35.4 Å². The maximum absolute atomic E-state index is 12.5. The van der Waals surface area contributed by atoms with E-state index in [0.717, 1.165) is 11.1 Å². The maximum atomic E-state index is 12.5. The van der Waals surface area contributed by atoms with Gasteiger partial charge in [-0.05, 0) is 53.7 Å². The van der Waals surface area contributed by atoms with E-state index < -0.39 is 0 Å². The lowest BCUT2D eigenvalue weighted by Crippen LogP contribution is -2.56. The SMILES string of the molecule is Cc1cccc(C(=O)N(NC(C)C)C(C)(C)C)c1. The molecule has 0 atom stereocenters. The van der Waals surface area contributed by atoms with Crippen LogP contribution in [0.2, 0.25) is 0 Å². The first-order valence-electron chi connectivity index (χ1n) is 6.39. The number of nitrogens with one attached hydrogen (secondary N) is 1. The molecule has 0 aliphatic rings. The van der Waals surface area contributed by atoms with Gasteiger partial charge in [0.15, 0.2) is 0 Å². The summed E-state index contributed by atoms with van der Waals surface area (Å²) in [4.78, 5) is 12.5. The molecule has 100 valence electrons. The normalized spacial score (nSPS) is 11.7. The molecule has 0 fully saturated rings. The first-order valence-corrected chi connectivity index (χ1v) is 6.39. The second-order valence-corrected chi connectivity index (χ2v) is 5.96. The molecule has 0 aromatic heterocycles. The zero-order valence-corrected chi connectivity index (χ0v) is 12.2. The number of amides is 1. The fourth-order valence-electron chi connectivity index (χ4n) is 1.72. The highest BCUT2D eigenvalue weighted by molar-refractivity contribution is 5.94. The first kappa shape index (κ1) is 14.7. The minimum absolute atomic E-state index is 0.0138. The van der Waals surface area contributed by atoms with E-state index in [4.69, 9.17) is 0 Å². The quantitative estimate of drug-likeness (QED) is 0.833. The lowest BCUT2D eigenvalue weighted by atomic mass is 10.1. The van der Waals surface area contributed by atoms with Crippen LogP contribution in [0, 0.1) is 6.92 Å². The van der Waals surface area contributed by atoms with Crippen molar-refractivity contribution in [1.29, 1.82) is 0 Å². The van der Waals surface area contributed by atoms with Gasteiger partial charge in [-0.25, -0.2) is 5.43 Å². The van der Waals surface area contributed by atoms with Gasteiger partial charge in [-0.15, -0.1) is 0 Å². The molecule has 3 nitrogen and oxygen atoms in total. The van der Waals surface area contributed by atoms with Gasteiger partial charge >= 0.3 is 0 Å². The topological polar surface area (TPSA) is 32.3 Å². The second-order valence-electron chi connectivity index (χ2n) is 5.96. The molecule has 1 rings (SSSR count). The summed E-state index contributed by atoms with van der Waals surface area (Å²) in [5, 5.41) is 1.71. The summed E-state index contributed by atoms with van der Waals surface area (Å²) in [6, 6.07) is 7.91. The Morgan fingerprint density at radius 2 is 1.89 bits per heavy atom. The molecule has 3 heteroatoms. The number of hydrogen-bond acceptors (Lipinski definition) is 2. The second kappa shape index (κ2) is 5.53. The van der Waals surface area contributed by atoms with E-state index in [0.29, 0.717) is 0 Å². The van der Waals surface area contributed by atoms with E-state index in [1.54, 1.807) is 5.01 Å². The predicted molar refractivity (Wildman–Crippen MR) is 75.4 cm³/mol. The number of benzene rings is 1. The maximum Gasteiger partial charge on any atom is 0.268 e. The largest absolute Gasteiger partial charge is 0.268 e. The standard InChI is InChI=1S/C15H24N2O/c1-11(2)16-17(15(4,5)6)14(18)13-9-7-8-12(3)10-13/h7-11,16H,1-6H3. The highest BCUT2D eigenvalue weighted by Crippen LogP contribution is 2.16. The Hall–Kier alpha value is -1.35. The molecule has 0 bridgehead atoms. The van der Waals surface area contributed by atoms with Gasteiger partial charge in [0.05, 0.1) is 5.54 Å². The van der Waals surface area contributed by atoms with Crippen LogP contribution in [0.15, 0.2) is 24.3 Å². The molecule has 1 amide bonds. The van der Waals surface area contributed by atoms with Crippen molar-refractivity contribution in [3.8, 4) is 0 Å². The van der Waals surface area contributed by atoms with Gasteiger partial charge in [0.1, 0.15) is 0 Å². The van der Waals surface area contributed by atoms with E-state index in [9.17, 15) is 4.79 Å². The van der Waals surface area contributed by atoms with Crippen molar-refractivity contribution >= 4 is 5.91 Å². The summed E-state index contributed by atoms with van der Waals surface area (Å²) < 4.78 is 0. The average molecular weight is 248 g/mol. The Labute approximate surface area is 110 Å². The minimum atomic E-state index is -0.259. The lowest BCUT2D eigenvalue weighted by molar-refractivity contribution is 0.0354. The first-order chi connectivity index (χ1) is 8.21. The summed E-state index contributed by atoms with van der Waals surface area (Å²) in [6.07, 6.45) is 0. The van der Waals surface area contributed by atoms with Gasteiger partial charge in [-0.1, -0.05) is 17.7 Å². The van der Waals surface area contributed by atoms with Crippen molar-refractivity contribution in [3.63, 3.8) is 0 Å². The molecule has 0 saturated heterocycles. The lowest BCUT2D eigenvalue weighted by Gasteiger charge is -2.37. The van der Waals surface area contributed by atoms with Crippen LogP contribution in [0.25, 0.3) is 0 Å². The molecule has 0 radical (unpaired) electrons. The van der Waals surface area contributed by atoms with Crippen LogP contribution >= 0.6 is 0 Å². The number of hydrazine groups is 1. The Balaban J connectivity index is 3.03. The van der Waals surface area contributed by atoms with E-state index in [-0.39, 0.29) is 17.5 Å². The van der Waals surface area contributed by atoms with Crippen LogP contribution in [0.4, 0.5) is 0 Å². The monoisotopic (exact) mass is 248 g/mol. The number of aryl methyl sites for hydroxylation is 1. The minimum Gasteiger partial charge on any atom is -0.268 e. The Morgan fingerprint density at radius 3 is 2.33 bits per heavy atom. The van der Waals surface area contributed by atoms with E-state index in [1.807, 2.05) is 65.8 Å². The Morgan fingerprint density at radius 1 is 1.28 bits per heavy atom. The van der Waals surface area contributed by atoms with Crippen molar-refractivity contribution in [1.82, 2.24) is 10.4 Å². The summed E-state index contributed by atoms with van der Waals surface area (Å²) in [6.45, 7) is 12.1. The highest BCUT2D eigenvalue weighted by atomic mass is 16.2. The van der Waals surface area contributed by atoms with Gasteiger partial charge in [-0.2, -0.15) is 0 Å². The van der Waals surface area contributed by atoms with Crippen molar-refractivity contribution in [2.24, 2.45) is 0 Å². The molecule has 1 aromatic rings. The van der Waals surface area contributed by atoms with E-state index in [1.165, 1.54) is 0 Å². The summed E-state index contributed by atoms with van der Waals surface area (Å²) in [5.41, 5.74) is 4.78. The van der Waals surface area contributed by atoms with Gasteiger partial charge < -0.3 is 0 Å². The van der Waals surface area contributed by atoms with E-state index >= 15 is 0 Å². The van der Waals surface area contributed by atoms with E-state index in [2.05, 4.69) is 5.43 Å². The highest BCUT2D eigenvalue weighted by Gasteiger charge is 2.27. The van der Waals surface area contributed by atoms with Crippen LogP contribution in [0.5, 0.6) is 0 Å². The summed E-state index contributed by atoms with van der Waals surface area (Å²) >= 11 is 0. The molecule has 0 heterocycles.